The summed E-state index contributed by atoms with van der Waals surface area (Å²) in [6.07, 6.45) is 0.474. The van der Waals surface area contributed by atoms with Gasteiger partial charge in [-0.2, -0.15) is 5.26 Å². The topological polar surface area (TPSA) is 82.8 Å². The number of para-hydroxylation sites is 1. The van der Waals surface area contributed by atoms with Crippen molar-refractivity contribution in [3.8, 4) is 17.6 Å². The van der Waals surface area contributed by atoms with Gasteiger partial charge in [0.2, 0.25) is 0 Å². The molecule has 1 saturated heterocycles. The summed E-state index contributed by atoms with van der Waals surface area (Å²) in [5.74, 6) is -0.655. The lowest BCUT2D eigenvalue weighted by Crippen LogP contribution is -2.37. The number of nitriles is 1. The monoisotopic (exact) mass is 382 g/mol. The number of halogens is 1. The lowest BCUT2D eigenvalue weighted by Gasteiger charge is -2.30. The van der Waals surface area contributed by atoms with Crippen LogP contribution in [-0.4, -0.2) is 29.2 Å². The molecule has 6 nitrogen and oxygen atoms in total. The number of carboxylic acid groups (broad SMARTS) is 1. The van der Waals surface area contributed by atoms with E-state index in [9.17, 15) is 9.18 Å². The summed E-state index contributed by atoms with van der Waals surface area (Å²) in [5.41, 5.74) is 1.39. The Kier molecular flexibility index (Phi) is 4.34. The summed E-state index contributed by atoms with van der Waals surface area (Å²) in [6, 6.07) is 11.7. The van der Waals surface area contributed by atoms with Crippen LogP contribution in [0.2, 0.25) is 0 Å². The SMILES string of the molecule is C[C@]1(c2ccc(C#N)cc2F)Oc2cccc(C3CCN(C(=O)O)CC3)c2O1. The maximum Gasteiger partial charge on any atom is 0.407 e. The molecule has 0 aliphatic carbocycles. The molecule has 1 atom stereocenters. The number of ether oxygens (including phenoxy) is 2. The van der Waals surface area contributed by atoms with Crippen molar-refractivity contribution >= 4 is 6.09 Å². The third-order valence-corrected chi connectivity index (χ3v) is 5.40. The van der Waals surface area contributed by atoms with Crippen LogP contribution in [0.3, 0.4) is 0 Å². The number of amides is 1. The molecule has 0 spiro atoms. The van der Waals surface area contributed by atoms with E-state index >= 15 is 0 Å². The standard InChI is InChI=1S/C21H19FN2O4/c1-21(16-6-5-13(12-23)11-17(16)22)27-18-4-2-3-15(19(18)28-21)14-7-9-24(10-8-14)20(25)26/h2-6,11,14H,7-10H2,1H3,(H,25,26)/t21-/m0/s1. The van der Waals surface area contributed by atoms with Gasteiger partial charge in [-0.3, -0.25) is 0 Å². The molecule has 4 rings (SSSR count). The zero-order valence-corrected chi connectivity index (χ0v) is 15.3. The summed E-state index contributed by atoms with van der Waals surface area (Å²) >= 11 is 0. The molecule has 2 aliphatic rings. The number of nitrogens with zero attached hydrogens (tertiary/aromatic N) is 2. The van der Waals surface area contributed by atoms with Crippen LogP contribution in [0.15, 0.2) is 36.4 Å². The van der Waals surface area contributed by atoms with E-state index in [1.807, 2.05) is 18.2 Å². The zero-order valence-electron chi connectivity index (χ0n) is 15.3. The lowest BCUT2D eigenvalue weighted by molar-refractivity contribution is -0.0711. The molecule has 28 heavy (non-hydrogen) atoms. The van der Waals surface area contributed by atoms with Crippen LogP contribution in [0.4, 0.5) is 9.18 Å². The molecule has 0 saturated carbocycles. The fraction of sp³-hybridized carbons (Fsp3) is 0.333. The second-order valence-corrected chi connectivity index (χ2v) is 7.17. The molecule has 2 aromatic rings. The molecule has 0 radical (unpaired) electrons. The van der Waals surface area contributed by atoms with E-state index < -0.39 is 17.7 Å². The van der Waals surface area contributed by atoms with Crippen LogP contribution in [-0.2, 0) is 5.79 Å². The summed E-state index contributed by atoms with van der Waals surface area (Å²) < 4.78 is 26.7. The van der Waals surface area contributed by atoms with Crippen LogP contribution in [0.25, 0.3) is 0 Å². The van der Waals surface area contributed by atoms with Gasteiger partial charge < -0.3 is 19.5 Å². The van der Waals surface area contributed by atoms with Crippen molar-refractivity contribution in [3.63, 3.8) is 0 Å². The van der Waals surface area contributed by atoms with Crippen LogP contribution in [0, 0.1) is 17.1 Å². The van der Waals surface area contributed by atoms with E-state index in [1.165, 1.54) is 23.1 Å². The van der Waals surface area contributed by atoms with Crippen molar-refractivity contribution in [2.24, 2.45) is 0 Å². The fourth-order valence-corrected chi connectivity index (χ4v) is 3.91. The average Bonchev–Trinajstić information content (AvgIpc) is 3.04. The number of piperidine rings is 1. The number of hydrogen-bond donors (Lipinski definition) is 1. The van der Waals surface area contributed by atoms with Crippen molar-refractivity contribution in [1.82, 2.24) is 4.90 Å². The number of likely N-dealkylation sites (tertiary alicyclic amines) is 1. The van der Waals surface area contributed by atoms with Gasteiger partial charge in [0.25, 0.3) is 5.79 Å². The van der Waals surface area contributed by atoms with E-state index in [1.54, 1.807) is 13.0 Å². The summed E-state index contributed by atoms with van der Waals surface area (Å²) in [5, 5.41) is 18.1. The molecule has 2 aliphatic heterocycles. The Bertz CT molecular complexity index is 979. The van der Waals surface area contributed by atoms with Crippen molar-refractivity contribution in [2.45, 2.75) is 31.5 Å². The van der Waals surface area contributed by atoms with Crippen LogP contribution in [0.5, 0.6) is 11.5 Å². The van der Waals surface area contributed by atoms with Crippen LogP contribution >= 0.6 is 0 Å². The smallest absolute Gasteiger partial charge is 0.407 e. The van der Waals surface area contributed by atoms with Gasteiger partial charge in [-0.1, -0.05) is 12.1 Å². The van der Waals surface area contributed by atoms with Gasteiger partial charge in [-0.25, -0.2) is 9.18 Å². The van der Waals surface area contributed by atoms with E-state index in [4.69, 9.17) is 19.8 Å². The van der Waals surface area contributed by atoms with Crippen molar-refractivity contribution in [3.05, 3.63) is 58.9 Å². The Balaban J connectivity index is 1.62. The van der Waals surface area contributed by atoms with Gasteiger partial charge in [0.1, 0.15) is 5.82 Å². The largest absolute Gasteiger partial charge is 0.465 e. The predicted octanol–water partition coefficient (Wildman–Crippen LogP) is 4.20. The Labute approximate surface area is 161 Å². The molecular weight excluding hydrogens is 363 g/mol. The number of carbonyl (C=O) groups is 1. The molecule has 1 amide bonds. The van der Waals surface area contributed by atoms with Gasteiger partial charge >= 0.3 is 6.09 Å². The molecule has 1 N–H and O–H groups in total. The van der Waals surface area contributed by atoms with E-state index in [0.717, 1.165) is 5.56 Å². The summed E-state index contributed by atoms with van der Waals surface area (Å²) in [7, 11) is 0. The van der Waals surface area contributed by atoms with Gasteiger partial charge in [0.15, 0.2) is 11.5 Å². The molecule has 7 heteroatoms. The lowest BCUT2D eigenvalue weighted by atomic mass is 9.89. The number of rotatable bonds is 2. The summed E-state index contributed by atoms with van der Waals surface area (Å²) in [6.45, 7) is 2.58. The second-order valence-electron chi connectivity index (χ2n) is 7.17. The second kappa shape index (κ2) is 6.71. The van der Waals surface area contributed by atoms with Gasteiger partial charge in [0.05, 0.1) is 17.2 Å². The number of benzene rings is 2. The zero-order chi connectivity index (χ0) is 19.9. The third kappa shape index (κ3) is 3.01. The molecule has 144 valence electrons. The molecule has 1 fully saturated rings. The Morgan fingerprint density at radius 3 is 2.68 bits per heavy atom. The highest BCUT2D eigenvalue weighted by Crippen LogP contribution is 2.49. The molecule has 0 bridgehead atoms. The average molecular weight is 382 g/mol. The Morgan fingerprint density at radius 2 is 2.04 bits per heavy atom. The van der Waals surface area contributed by atoms with Crippen LogP contribution < -0.4 is 9.47 Å². The predicted molar refractivity (Wildman–Crippen MR) is 97.7 cm³/mol. The highest BCUT2D eigenvalue weighted by molar-refractivity contribution is 5.65. The first-order chi connectivity index (χ1) is 13.4. The minimum Gasteiger partial charge on any atom is -0.465 e. The highest BCUT2D eigenvalue weighted by Gasteiger charge is 2.43. The maximum atomic E-state index is 14.6. The van der Waals surface area contributed by atoms with Crippen LogP contribution in [0.1, 0.15) is 42.4 Å². The van der Waals surface area contributed by atoms with Gasteiger partial charge in [0, 0.05) is 25.6 Å². The normalized spacial score (nSPS) is 21.4. The van der Waals surface area contributed by atoms with E-state index in [0.29, 0.717) is 37.4 Å². The minimum atomic E-state index is -1.34. The fourth-order valence-electron chi connectivity index (χ4n) is 3.91. The first-order valence-electron chi connectivity index (χ1n) is 9.10. The minimum absolute atomic E-state index is 0.141. The highest BCUT2D eigenvalue weighted by atomic mass is 19.1. The van der Waals surface area contributed by atoms with Gasteiger partial charge in [-0.15, -0.1) is 0 Å². The Morgan fingerprint density at radius 1 is 1.29 bits per heavy atom. The molecule has 2 aromatic carbocycles. The first-order valence-corrected chi connectivity index (χ1v) is 9.10. The van der Waals surface area contributed by atoms with E-state index in [-0.39, 0.29) is 17.0 Å². The van der Waals surface area contributed by atoms with Crippen molar-refractivity contribution < 1.29 is 23.8 Å². The molecule has 0 unspecified atom stereocenters. The Hall–Kier alpha value is -3.27. The quantitative estimate of drug-likeness (QED) is 0.842. The number of hydrogen-bond acceptors (Lipinski definition) is 4. The summed E-state index contributed by atoms with van der Waals surface area (Å²) in [4.78, 5) is 12.5. The molecule has 0 aromatic heterocycles. The maximum absolute atomic E-state index is 14.6. The van der Waals surface area contributed by atoms with E-state index in [2.05, 4.69) is 0 Å². The first kappa shape index (κ1) is 18.1. The van der Waals surface area contributed by atoms with Crippen molar-refractivity contribution in [1.29, 1.82) is 5.26 Å². The number of fused-ring (bicyclic) bond motifs is 1. The third-order valence-electron chi connectivity index (χ3n) is 5.40. The molecule has 2 heterocycles. The molecular formula is C21H19FN2O4. The van der Waals surface area contributed by atoms with Gasteiger partial charge in [-0.05, 0) is 43.0 Å². The van der Waals surface area contributed by atoms with Crippen molar-refractivity contribution in [2.75, 3.05) is 13.1 Å².